The van der Waals surface area contributed by atoms with Crippen LogP contribution in [0.1, 0.15) is 26.9 Å². The monoisotopic (exact) mass is 224 g/mol. The summed E-state index contributed by atoms with van der Waals surface area (Å²) >= 11 is 4.01. The molecule has 0 aromatic heterocycles. The van der Waals surface area contributed by atoms with E-state index in [2.05, 4.69) is 12.1 Å². The van der Waals surface area contributed by atoms with E-state index in [4.69, 9.17) is 0 Å². The smallest absolute Gasteiger partial charge is 0.150 e. The first-order valence-corrected chi connectivity index (χ1v) is 6.78. The number of carbonyl (C=O) groups excluding carboxylic acids is 1. The molecule has 14 heavy (non-hydrogen) atoms. The summed E-state index contributed by atoms with van der Waals surface area (Å²) in [5, 5.41) is 0. The Labute approximate surface area is 92.7 Å². The minimum absolute atomic E-state index is 0.574. The summed E-state index contributed by atoms with van der Waals surface area (Å²) in [6.45, 7) is 0. The van der Waals surface area contributed by atoms with Crippen LogP contribution in [-0.2, 0) is 0 Å². The lowest BCUT2D eigenvalue weighted by atomic mass is 10.2. The van der Waals surface area contributed by atoms with Crippen molar-refractivity contribution in [3.63, 3.8) is 0 Å². The molecule has 2 rings (SSSR count). The van der Waals surface area contributed by atoms with Gasteiger partial charge in [0.15, 0.2) is 0 Å². The Morgan fingerprint density at radius 2 is 1.79 bits per heavy atom. The average Bonchev–Trinajstić information content (AvgIpc) is 2.30. The van der Waals surface area contributed by atoms with Gasteiger partial charge < -0.3 is 0 Å². The largest absolute Gasteiger partial charge is 0.298 e. The van der Waals surface area contributed by atoms with Gasteiger partial charge in [-0.05, 0) is 23.5 Å². The predicted octanol–water partition coefficient (Wildman–Crippen LogP) is 3.37. The highest BCUT2D eigenvalue weighted by Gasteiger charge is 2.15. The fourth-order valence-electron chi connectivity index (χ4n) is 1.41. The van der Waals surface area contributed by atoms with Gasteiger partial charge in [-0.1, -0.05) is 24.3 Å². The number of rotatable bonds is 2. The van der Waals surface area contributed by atoms with Gasteiger partial charge in [0, 0.05) is 5.56 Å². The summed E-state index contributed by atoms with van der Waals surface area (Å²) in [5.41, 5.74) is 2.10. The zero-order chi connectivity index (χ0) is 9.80. The molecule has 1 aromatic rings. The van der Waals surface area contributed by atoms with Crippen molar-refractivity contribution in [2.24, 2.45) is 0 Å². The third kappa shape index (κ3) is 2.34. The topological polar surface area (TPSA) is 17.1 Å². The minimum atomic E-state index is 0.574. The second kappa shape index (κ2) is 4.89. The molecule has 1 nitrogen and oxygen atoms in total. The molecule has 1 saturated heterocycles. The first-order valence-electron chi connectivity index (χ1n) is 4.68. The number of hydrogen-bond donors (Lipinski definition) is 0. The molecule has 0 saturated carbocycles. The van der Waals surface area contributed by atoms with E-state index in [1.807, 2.05) is 35.7 Å². The van der Waals surface area contributed by atoms with E-state index in [0.717, 1.165) is 11.8 Å². The normalized spacial score (nSPS) is 18.0. The predicted molar refractivity (Wildman–Crippen MR) is 64.1 cm³/mol. The molecule has 74 valence electrons. The van der Waals surface area contributed by atoms with Crippen LogP contribution in [0.4, 0.5) is 0 Å². The summed E-state index contributed by atoms with van der Waals surface area (Å²) in [6.07, 6.45) is 2.21. The molecular weight excluding hydrogens is 212 g/mol. The summed E-state index contributed by atoms with van der Waals surface area (Å²) < 4.78 is 0.574. The Kier molecular flexibility index (Phi) is 3.54. The number of aldehydes is 1. The number of thioether (sulfide) groups is 2. The highest BCUT2D eigenvalue weighted by Crippen LogP contribution is 2.43. The summed E-state index contributed by atoms with van der Waals surface area (Å²) in [5.74, 6) is 2.51. The fraction of sp³-hybridized carbons (Fsp3) is 0.364. The molecule has 1 heterocycles. The lowest BCUT2D eigenvalue weighted by molar-refractivity contribution is 0.112. The van der Waals surface area contributed by atoms with Gasteiger partial charge in [0.25, 0.3) is 0 Å². The van der Waals surface area contributed by atoms with Crippen LogP contribution < -0.4 is 0 Å². The minimum Gasteiger partial charge on any atom is -0.298 e. The van der Waals surface area contributed by atoms with Crippen LogP contribution in [0.5, 0.6) is 0 Å². The van der Waals surface area contributed by atoms with Crippen molar-refractivity contribution >= 4 is 29.8 Å². The molecule has 0 N–H and O–H groups in total. The molecule has 1 aliphatic rings. The Morgan fingerprint density at radius 3 is 2.36 bits per heavy atom. The Morgan fingerprint density at radius 1 is 1.14 bits per heavy atom. The van der Waals surface area contributed by atoms with Crippen molar-refractivity contribution in [3.8, 4) is 0 Å². The lowest BCUT2D eigenvalue weighted by Crippen LogP contribution is -2.00. The first-order chi connectivity index (χ1) is 6.90. The van der Waals surface area contributed by atoms with Gasteiger partial charge in [0.2, 0.25) is 0 Å². The molecule has 1 fully saturated rings. The van der Waals surface area contributed by atoms with E-state index >= 15 is 0 Å². The molecule has 3 heteroatoms. The van der Waals surface area contributed by atoms with Crippen molar-refractivity contribution in [3.05, 3.63) is 35.4 Å². The Bertz CT molecular complexity index is 302. The molecule has 0 spiro atoms. The van der Waals surface area contributed by atoms with E-state index in [9.17, 15) is 4.79 Å². The van der Waals surface area contributed by atoms with Crippen LogP contribution in [0, 0.1) is 0 Å². The van der Waals surface area contributed by atoms with Crippen molar-refractivity contribution in [2.45, 2.75) is 11.0 Å². The van der Waals surface area contributed by atoms with Crippen molar-refractivity contribution in [2.75, 3.05) is 11.5 Å². The molecular formula is C11H12OS2. The van der Waals surface area contributed by atoms with E-state index < -0.39 is 0 Å². The highest BCUT2D eigenvalue weighted by atomic mass is 32.2. The van der Waals surface area contributed by atoms with Gasteiger partial charge in [0.1, 0.15) is 6.29 Å². The standard InChI is InChI=1S/C11H12OS2/c12-8-9-2-4-10(5-3-9)11-13-6-1-7-14-11/h2-5,8,11H,1,6-7H2. The Balaban J connectivity index is 2.11. The average molecular weight is 224 g/mol. The highest BCUT2D eigenvalue weighted by molar-refractivity contribution is 8.16. The van der Waals surface area contributed by atoms with Crippen molar-refractivity contribution < 1.29 is 4.79 Å². The third-order valence-electron chi connectivity index (χ3n) is 2.17. The molecule has 0 atom stereocenters. The van der Waals surface area contributed by atoms with Crippen LogP contribution in [0.15, 0.2) is 24.3 Å². The summed E-state index contributed by atoms with van der Waals surface area (Å²) in [6, 6.07) is 7.94. The summed E-state index contributed by atoms with van der Waals surface area (Å²) in [7, 11) is 0. The number of benzene rings is 1. The zero-order valence-electron chi connectivity index (χ0n) is 7.81. The first kappa shape index (κ1) is 10.1. The SMILES string of the molecule is O=Cc1ccc(C2SCCCS2)cc1. The van der Waals surface area contributed by atoms with E-state index in [0.29, 0.717) is 4.58 Å². The molecule has 1 aromatic carbocycles. The molecule has 0 unspecified atom stereocenters. The fourth-order valence-corrected chi connectivity index (χ4v) is 4.31. The van der Waals surface area contributed by atoms with Gasteiger partial charge in [-0.15, -0.1) is 23.5 Å². The van der Waals surface area contributed by atoms with Crippen LogP contribution in [0.3, 0.4) is 0 Å². The maximum atomic E-state index is 10.5. The van der Waals surface area contributed by atoms with E-state index in [-0.39, 0.29) is 0 Å². The van der Waals surface area contributed by atoms with Gasteiger partial charge in [0.05, 0.1) is 4.58 Å². The van der Waals surface area contributed by atoms with Crippen LogP contribution in [0.2, 0.25) is 0 Å². The molecule has 0 bridgehead atoms. The third-order valence-corrected chi connectivity index (χ3v) is 5.19. The van der Waals surface area contributed by atoms with Crippen LogP contribution in [-0.4, -0.2) is 17.8 Å². The van der Waals surface area contributed by atoms with Gasteiger partial charge >= 0.3 is 0 Å². The quantitative estimate of drug-likeness (QED) is 0.717. The Hall–Kier alpha value is -0.410. The second-order valence-corrected chi connectivity index (χ2v) is 5.94. The lowest BCUT2D eigenvalue weighted by Gasteiger charge is -2.21. The van der Waals surface area contributed by atoms with Crippen LogP contribution in [0.25, 0.3) is 0 Å². The second-order valence-electron chi connectivity index (χ2n) is 3.21. The maximum absolute atomic E-state index is 10.5. The van der Waals surface area contributed by atoms with E-state index in [1.54, 1.807) is 0 Å². The molecule has 0 aliphatic carbocycles. The maximum Gasteiger partial charge on any atom is 0.150 e. The van der Waals surface area contributed by atoms with Crippen molar-refractivity contribution in [1.29, 1.82) is 0 Å². The van der Waals surface area contributed by atoms with Crippen LogP contribution >= 0.6 is 23.5 Å². The van der Waals surface area contributed by atoms with Gasteiger partial charge in [-0.3, -0.25) is 4.79 Å². The number of carbonyl (C=O) groups is 1. The molecule has 0 radical (unpaired) electrons. The number of hydrogen-bond acceptors (Lipinski definition) is 3. The molecule has 0 amide bonds. The molecule has 1 aliphatic heterocycles. The van der Waals surface area contributed by atoms with Gasteiger partial charge in [-0.2, -0.15) is 0 Å². The van der Waals surface area contributed by atoms with Gasteiger partial charge in [-0.25, -0.2) is 0 Å². The zero-order valence-corrected chi connectivity index (χ0v) is 9.44. The van der Waals surface area contributed by atoms with E-state index in [1.165, 1.54) is 23.5 Å². The van der Waals surface area contributed by atoms with Crippen molar-refractivity contribution in [1.82, 2.24) is 0 Å². The summed E-state index contributed by atoms with van der Waals surface area (Å²) in [4.78, 5) is 10.5.